The average Bonchev–Trinajstić information content (AvgIpc) is 3.50. The summed E-state index contributed by atoms with van der Waals surface area (Å²) < 4.78 is 14.0. The maximum absolute atomic E-state index is 14.0. The number of hydrogen-bond acceptors (Lipinski definition) is 6. The molecule has 0 unspecified atom stereocenters. The summed E-state index contributed by atoms with van der Waals surface area (Å²) in [5.74, 6) is -0.753. The van der Waals surface area contributed by atoms with Gasteiger partial charge in [0.2, 0.25) is 5.91 Å². The van der Waals surface area contributed by atoms with Gasteiger partial charge in [0.05, 0.1) is 17.6 Å². The molecular weight excluding hydrogens is 509 g/mol. The van der Waals surface area contributed by atoms with Crippen molar-refractivity contribution in [3.8, 4) is 39.4 Å². The van der Waals surface area contributed by atoms with Crippen molar-refractivity contribution < 1.29 is 14.3 Å². The van der Waals surface area contributed by atoms with Crippen LogP contribution >= 0.6 is 0 Å². The summed E-state index contributed by atoms with van der Waals surface area (Å²) in [5.41, 5.74) is 5.87. The number of hydrogen-bond donors (Lipinski definition) is 4. The standard InChI is InChI=1S/C30H26FN7O2/c1-30(2,3)12-26(40)35-20-7-17(13-32-15-20)18-9-24-27(37-38-29(24)34-14-18)25-11-23-22(4-5-33-28(23)36-25)16-6-19(31)10-21(39)8-16/h4-11,13-15,39H,12H2,1-3H3,(H,33,36)(H,35,40)(H,34,37,38). The number of H-pyrrole nitrogens is 2. The molecule has 40 heavy (non-hydrogen) atoms. The molecule has 0 aliphatic rings. The minimum Gasteiger partial charge on any atom is -0.508 e. The van der Waals surface area contributed by atoms with Crippen molar-refractivity contribution in [2.45, 2.75) is 27.2 Å². The minimum absolute atomic E-state index is 0.0719. The van der Waals surface area contributed by atoms with Crippen LogP contribution in [0.4, 0.5) is 10.1 Å². The number of pyridine rings is 3. The van der Waals surface area contributed by atoms with Gasteiger partial charge in [-0.2, -0.15) is 5.10 Å². The number of halogens is 1. The number of nitrogens with zero attached hydrogens (tertiary/aromatic N) is 4. The van der Waals surface area contributed by atoms with E-state index in [0.29, 0.717) is 40.4 Å². The van der Waals surface area contributed by atoms with E-state index >= 15 is 0 Å². The highest BCUT2D eigenvalue weighted by Crippen LogP contribution is 2.35. The van der Waals surface area contributed by atoms with Gasteiger partial charge in [-0.15, -0.1) is 0 Å². The fraction of sp³-hybridized carbons (Fsp3) is 0.167. The van der Waals surface area contributed by atoms with E-state index in [2.05, 4.69) is 35.5 Å². The summed E-state index contributed by atoms with van der Waals surface area (Å²) in [6, 6.07) is 11.4. The number of phenolic OH excluding ortho intramolecular Hbond substituents is 1. The maximum atomic E-state index is 14.0. The molecule has 5 aromatic heterocycles. The largest absolute Gasteiger partial charge is 0.508 e. The topological polar surface area (TPSA) is 132 Å². The van der Waals surface area contributed by atoms with Gasteiger partial charge in [-0.3, -0.25) is 14.9 Å². The molecule has 0 spiro atoms. The van der Waals surface area contributed by atoms with E-state index in [9.17, 15) is 14.3 Å². The first kappa shape index (κ1) is 25.2. The Morgan fingerprint density at radius 1 is 0.950 bits per heavy atom. The van der Waals surface area contributed by atoms with Crippen LogP contribution in [0.5, 0.6) is 5.75 Å². The molecule has 0 saturated carbocycles. The van der Waals surface area contributed by atoms with E-state index in [0.717, 1.165) is 33.5 Å². The van der Waals surface area contributed by atoms with Gasteiger partial charge >= 0.3 is 0 Å². The van der Waals surface area contributed by atoms with Crippen molar-refractivity contribution in [1.29, 1.82) is 0 Å². The van der Waals surface area contributed by atoms with Gasteiger partial charge in [0.1, 0.15) is 22.9 Å². The molecule has 6 aromatic rings. The Hall–Kier alpha value is -5.12. The van der Waals surface area contributed by atoms with E-state index in [4.69, 9.17) is 0 Å². The Kier molecular flexibility index (Phi) is 6.02. The van der Waals surface area contributed by atoms with Crippen LogP contribution in [-0.4, -0.2) is 41.1 Å². The summed E-state index contributed by atoms with van der Waals surface area (Å²) in [4.78, 5) is 29.0. The third-order valence-corrected chi connectivity index (χ3v) is 6.44. The number of fused-ring (bicyclic) bond motifs is 2. The number of carbonyl (C=O) groups is 1. The molecule has 0 atom stereocenters. The lowest BCUT2D eigenvalue weighted by atomic mass is 9.92. The van der Waals surface area contributed by atoms with Crippen molar-refractivity contribution in [3.05, 3.63) is 73.1 Å². The van der Waals surface area contributed by atoms with Crippen LogP contribution in [-0.2, 0) is 4.79 Å². The smallest absolute Gasteiger partial charge is 0.224 e. The Morgan fingerprint density at radius 3 is 2.58 bits per heavy atom. The summed E-state index contributed by atoms with van der Waals surface area (Å²) in [5, 5.41) is 21.8. The first-order valence-electron chi connectivity index (χ1n) is 12.7. The third-order valence-electron chi connectivity index (χ3n) is 6.44. The first-order valence-corrected chi connectivity index (χ1v) is 12.7. The number of aromatic amines is 2. The zero-order valence-electron chi connectivity index (χ0n) is 22.1. The molecule has 9 nitrogen and oxygen atoms in total. The quantitative estimate of drug-likeness (QED) is 0.201. The van der Waals surface area contributed by atoms with Crippen molar-refractivity contribution in [2.75, 3.05) is 5.32 Å². The normalized spacial score (nSPS) is 11.8. The van der Waals surface area contributed by atoms with Gasteiger partial charge in [0.15, 0.2) is 5.65 Å². The molecule has 0 radical (unpaired) electrons. The second kappa shape index (κ2) is 9.57. The molecule has 200 valence electrons. The first-order chi connectivity index (χ1) is 19.1. The van der Waals surface area contributed by atoms with E-state index in [-0.39, 0.29) is 17.1 Å². The lowest BCUT2D eigenvalue weighted by Crippen LogP contribution is -2.19. The maximum Gasteiger partial charge on any atom is 0.224 e. The number of benzene rings is 1. The van der Waals surface area contributed by atoms with Crippen LogP contribution in [0.1, 0.15) is 27.2 Å². The van der Waals surface area contributed by atoms with Gasteiger partial charge in [0.25, 0.3) is 0 Å². The highest BCUT2D eigenvalue weighted by molar-refractivity contribution is 6.00. The van der Waals surface area contributed by atoms with Gasteiger partial charge in [-0.25, -0.2) is 14.4 Å². The Morgan fingerprint density at radius 2 is 1.77 bits per heavy atom. The molecule has 10 heteroatoms. The Bertz CT molecular complexity index is 1880. The third kappa shape index (κ3) is 4.98. The van der Waals surface area contributed by atoms with Gasteiger partial charge in [-0.05, 0) is 52.9 Å². The van der Waals surface area contributed by atoms with Crippen molar-refractivity contribution >= 4 is 33.7 Å². The van der Waals surface area contributed by atoms with Crippen LogP contribution in [0, 0.1) is 11.2 Å². The van der Waals surface area contributed by atoms with Crippen molar-refractivity contribution in [3.63, 3.8) is 0 Å². The molecule has 4 N–H and O–H groups in total. The number of aromatic nitrogens is 6. The predicted molar refractivity (Wildman–Crippen MR) is 152 cm³/mol. The molecule has 0 aliphatic carbocycles. The van der Waals surface area contributed by atoms with Gasteiger partial charge in [-0.1, -0.05) is 20.8 Å². The number of carbonyl (C=O) groups excluding carboxylic acids is 1. The number of amides is 1. The number of phenols is 1. The summed E-state index contributed by atoms with van der Waals surface area (Å²) in [7, 11) is 0. The minimum atomic E-state index is -0.528. The SMILES string of the molecule is CC(C)(C)CC(=O)Nc1cncc(-c2cnc3[nH]nc(-c4cc5c(-c6cc(O)cc(F)c6)ccnc5[nH]4)c3c2)c1. The summed E-state index contributed by atoms with van der Waals surface area (Å²) in [6.45, 7) is 6.04. The monoisotopic (exact) mass is 535 g/mol. The zero-order chi connectivity index (χ0) is 28.0. The van der Waals surface area contributed by atoms with Crippen molar-refractivity contribution in [2.24, 2.45) is 5.41 Å². The molecule has 0 bridgehead atoms. The van der Waals surface area contributed by atoms with Crippen LogP contribution < -0.4 is 5.32 Å². The number of aromatic hydroxyl groups is 1. The highest BCUT2D eigenvalue weighted by atomic mass is 19.1. The molecule has 0 aliphatic heterocycles. The molecule has 1 aromatic carbocycles. The van der Waals surface area contributed by atoms with Gasteiger partial charge in [0, 0.05) is 53.0 Å². The Labute approximate surface area is 228 Å². The zero-order valence-corrected chi connectivity index (χ0v) is 22.1. The lowest BCUT2D eigenvalue weighted by Gasteiger charge is -2.17. The second-order valence-electron chi connectivity index (χ2n) is 10.9. The van der Waals surface area contributed by atoms with E-state index < -0.39 is 5.82 Å². The number of rotatable bonds is 5. The second-order valence-corrected chi connectivity index (χ2v) is 10.9. The number of nitrogens with one attached hydrogen (secondary N) is 3. The average molecular weight is 536 g/mol. The lowest BCUT2D eigenvalue weighted by molar-refractivity contribution is -0.117. The van der Waals surface area contributed by atoms with Gasteiger partial charge < -0.3 is 15.4 Å². The summed E-state index contributed by atoms with van der Waals surface area (Å²) >= 11 is 0. The molecular formula is C30H26FN7O2. The molecule has 6 rings (SSSR count). The molecule has 0 saturated heterocycles. The van der Waals surface area contributed by atoms with Crippen molar-refractivity contribution in [1.82, 2.24) is 30.1 Å². The Balaban J connectivity index is 1.37. The molecule has 0 fully saturated rings. The van der Waals surface area contributed by atoms with Crippen LogP contribution in [0.15, 0.2) is 67.3 Å². The van der Waals surface area contributed by atoms with Crippen LogP contribution in [0.25, 0.3) is 55.7 Å². The van der Waals surface area contributed by atoms with E-state index in [1.807, 2.05) is 39.0 Å². The van der Waals surface area contributed by atoms with E-state index in [1.165, 1.54) is 12.1 Å². The summed E-state index contributed by atoms with van der Waals surface area (Å²) in [6.07, 6.45) is 7.08. The molecule has 5 heterocycles. The van der Waals surface area contributed by atoms with Crippen LogP contribution in [0.3, 0.4) is 0 Å². The fourth-order valence-corrected chi connectivity index (χ4v) is 4.76. The number of anilines is 1. The predicted octanol–water partition coefficient (Wildman–Crippen LogP) is 6.45. The fourth-order valence-electron chi connectivity index (χ4n) is 4.76. The van der Waals surface area contributed by atoms with E-state index in [1.54, 1.807) is 30.9 Å². The van der Waals surface area contributed by atoms with Crippen LogP contribution in [0.2, 0.25) is 0 Å². The highest BCUT2D eigenvalue weighted by Gasteiger charge is 2.18. The molecule has 1 amide bonds.